The zero-order valence-electron chi connectivity index (χ0n) is 15.3. The molecule has 2 aliphatic heterocycles. The van der Waals surface area contributed by atoms with Crippen LogP contribution < -0.4 is 5.32 Å². The highest BCUT2D eigenvalue weighted by atomic mass is 15.3. The zero-order chi connectivity index (χ0) is 16.1. The highest BCUT2D eigenvalue weighted by molar-refractivity contribution is 5.80. The Morgan fingerprint density at radius 1 is 1.09 bits per heavy atom. The Labute approximate surface area is 142 Å². The standard InChI is InChI=1S/C19H36N4/c1-3-20-19(21-12-16(2)13-22-10-6-7-11-22)23-14-17-8-4-5-9-18(17)15-23/h16-18H,3-15H2,1-2H3,(H,20,21). The predicted molar refractivity (Wildman–Crippen MR) is 97.8 cm³/mol. The van der Waals surface area contributed by atoms with Gasteiger partial charge in [0.2, 0.25) is 0 Å². The van der Waals surface area contributed by atoms with E-state index in [1.165, 1.54) is 77.2 Å². The summed E-state index contributed by atoms with van der Waals surface area (Å²) in [5.74, 6) is 3.69. The monoisotopic (exact) mass is 320 g/mol. The molecule has 4 heteroatoms. The van der Waals surface area contributed by atoms with E-state index in [9.17, 15) is 0 Å². The zero-order valence-corrected chi connectivity index (χ0v) is 15.3. The van der Waals surface area contributed by atoms with Gasteiger partial charge in [0.05, 0.1) is 0 Å². The molecule has 2 saturated heterocycles. The largest absolute Gasteiger partial charge is 0.357 e. The van der Waals surface area contributed by atoms with E-state index in [4.69, 9.17) is 4.99 Å². The molecule has 132 valence electrons. The second-order valence-electron chi connectivity index (χ2n) is 8.02. The number of nitrogens with one attached hydrogen (secondary N) is 1. The molecular weight excluding hydrogens is 284 g/mol. The van der Waals surface area contributed by atoms with E-state index in [0.717, 1.165) is 24.9 Å². The molecule has 0 aromatic carbocycles. The maximum absolute atomic E-state index is 5.00. The Morgan fingerprint density at radius 3 is 2.35 bits per heavy atom. The predicted octanol–water partition coefficient (Wildman–Crippen LogP) is 2.81. The SMILES string of the molecule is CCNC(=NCC(C)CN1CCCC1)N1CC2CCCCC2C1. The molecule has 2 heterocycles. The molecule has 0 bridgehead atoms. The second kappa shape index (κ2) is 8.36. The summed E-state index contributed by atoms with van der Waals surface area (Å²) in [6, 6.07) is 0. The number of fused-ring (bicyclic) bond motifs is 1. The lowest BCUT2D eigenvalue weighted by Gasteiger charge is -2.23. The van der Waals surface area contributed by atoms with Crippen LogP contribution >= 0.6 is 0 Å². The van der Waals surface area contributed by atoms with Crippen molar-refractivity contribution in [3.8, 4) is 0 Å². The molecule has 0 aromatic heterocycles. The Balaban J connectivity index is 1.52. The minimum Gasteiger partial charge on any atom is -0.357 e. The van der Waals surface area contributed by atoms with E-state index in [0.29, 0.717) is 5.92 Å². The fourth-order valence-electron chi connectivity index (χ4n) is 4.71. The van der Waals surface area contributed by atoms with Crippen molar-refractivity contribution in [1.29, 1.82) is 0 Å². The molecule has 0 aromatic rings. The van der Waals surface area contributed by atoms with Crippen LogP contribution in [0.1, 0.15) is 52.4 Å². The number of guanidine groups is 1. The van der Waals surface area contributed by atoms with Gasteiger partial charge in [-0.1, -0.05) is 19.8 Å². The summed E-state index contributed by atoms with van der Waals surface area (Å²) in [5, 5.41) is 3.55. The molecule has 23 heavy (non-hydrogen) atoms. The van der Waals surface area contributed by atoms with Gasteiger partial charge in [0, 0.05) is 32.7 Å². The maximum Gasteiger partial charge on any atom is 0.193 e. The lowest BCUT2D eigenvalue weighted by atomic mass is 9.82. The van der Waals surface area contributed by atoms with Crippen LogP contribution in [-0.4, -0.2) is 61.6 Å². The lowest BCUT2D eigenvalue weighted by Crippen LogP contribution is -2.40. The van der Waals surface area contributed by atoms with Crippen molar-refractivity contribution in [3.05, 3.63) is 0 Å². The Kier molecular flexibility index (Phi) is 6.21. The van der Waals surface area contributed by atoms with Gasteiger partial charge >= 0.3 is 0 Å². The minimum absolute atomic E-state index is 0.659. The first-order valence-electron chi connectivity index (χ1n) is 10.0. The maximum atomic E-state index is 5.00. The molecule has 1 N–H and O–H groups in total. The molecule has 3 fully saturated rings. The van der Waals surface area contributed by atoms with E-state index in [-0.39, 0.29) is 0 Å². The third-order valence-corrected chi connectivity index (χ3v) is 5.93. The first kappa shape index (κ1) is 17.1. The van der Waals surface area contributed by atoms with Crippen LogP contribution in [0, 0.1) is 17.8 Å². The molecule has 1 aliphatic carbocycles. The van der Waals surface area contributed by atoms with Crippen molar-refractivity contribution in [2.24, 2.45) is 22.7 Å². The lowest BCUT2D eigenvalue weighted by molar-refractivity contribution is 0.291. The van der Waals surface area contributed by atoms with Crippen LogP contribution in [0.15, 0.2) is 4.99 Å². The van der Waals surface area contributed by atoms with Gasteiger partial charge in [-0.05, 0) is 63.5 Å². The summed E-state index contributed by atoms with van der Waals surface area (Å²) in [7, 11) is 0. The van der Waals surface area contributed by atoms with Crippen molar-refractivity contribution < 1.29 is 0 Å². The topological polar surface area (TPSA) is 30.9 Å². The van der Waals surface area contributed by atoms with Gasteiger partial charge in [-0.15, -0.1) is 0 Å². The summed E-state index contributed by atoms with van der Waals surface area (Å²) in [4.78, 5) is 10.2. The van der Waals surface area contributed by atoms with Gasteiger partial charge in [0.1, 0.15) is 0 Å². The molecule has 1 saturated carbocycles. The Hall–Kier alpha value is -0.770. The fourth-order valence-corrected chi connectivity index (χ4v) is 4.71. The fraction of sp³-hybridized carbons (Fsp3) is 0.947. The van der Waals surface area contributed by atoms with Gasteiger partial charge < -0.3 is 15.1 Å². The minimum atomic E-state index is 0.659. The smallest absolute Gasteiger partial charge is 0.193 e. The molecule has 0 spiro atoms. The van der Waals surface area contributed by atoms with Crippen molar-refractivity contribution in [1.82, 2.24) is 15.1 Å². The third-order valence-electron chi connectivity index (χ3n) is 5.93. The normalized spacial score (nSPS) is 30.5. The number of aliphatic imine (C=N–C) groups is 1. The van der Waals surface area contributed by atoms with Crippen molar-refractivity contribution in [2.45, 2.75) is 52.4 Å². The highest BCUT2D eigenvalue weighted by Crippen LogP contribution is 2.35. The van der Waals surface area contributed by atoms with E-state index in [1.54, 1.807) is 0 Å². The van der Waals surface area contributed by atoms with Crippen molar-refractivity contribution in [3.63, 3.8) is 0 Å². The molecule has 3 aliphatic rings. The molecule has 3 rings (SSSR count). The Morgan fingerprint density at radius 2 is 1.74 bits per heavy atom. The number of hydrogen-bond acceptors (Lipinski definition) is 2. The van der Waals surface area contributed by atoms with Crippen LogP contribution in [0.3, 0.4) is 0 Å². The number of likely N-dealkylation sites (tertiary alicyclic amines) is 2. The van der Waals surface area contributed by atoms with E-state index in [1.807, 2.05) is 0 Å². The average molecular weight is 321 g/mol. The van der Waals surface area contributed by atoms with Crippen molar-refractivity contribution >= 4 is 5.96 Å². The molecular formula is C19H36N4. The summed E-state index contributed by atoms with van der Waals surface area (Å²) in [6.07, 6.45) is 8.52. The first-order valence-corrected chi connectivity index (χ1v) is 10.0. The van der Waals surface area contributed by atoms with Crippen LogP contribution in [0.2, 0.25) is 0 Å². The second-order valence-corrected chi connectivity index (χ2v) is 8.02. The van der Waals surface area contributed by atoms with Crippen LogP contribution in [0.4, 0.5) is 0 Å². The van der Waals surface area contributed by atoms with Gasteiger partial charge in [0.15, 0.2) is 5.96 Å². The summed E-state index contributed by atoms with van der Waals surface area (Å²) >= 11 is 0. The van der Waals surface area contributed by atoms with Gasteiger partial charge in [-0.3, -0.25) is 4.99 Å². The molecule has 3 unspecified atom stereocenters. The summed E-state index contributed by atoms with van der Waals surface area (Å²) in [6.45, 7) is 12.8. The quantitative estimate of drug-likeness (QED) is 0.624. The van der Waals surface area contributed by atoms with E-state index >= 15 is 0 Å². The van der Waals surface area contributed by atoms with Crippen molar-refractivity contribution in [2.75, 3.05) is 45.8 Å². The van der Waals surface area contributed by atoms with Gasteiger partial charge in [-0.25, -0.2) is 0 Å². The molecule has 0 radical (unpaired) electrons. The highest BCUT2D eigenvalue weighted by Gasteiger charge is 2.35. The van der Waals surface area contributed by atoms with Gasteiger partial charge in [-0.2, -0.15) is 0 Å². The number of nitrogens with zero attached hydrogens (tertiary/aromatic N) is 3. The van der Waals surface area contributed by atoms with E-state index in [2.05, 4.69) is 29.0 Å². The Bertz CT molecular complexity index is 375. The third kappa shape index (κ3) is 4.62. The molecule has 0 amide bonds. The van der Waals surface area contributed by atoms with Crippen LogP contribution in [-0.2, 0) is 0 Å². The molecule has 3 atom stereocenters. The molecule has 4 nitrogen and oxygen atoms in total. The summed E-state index contributed by atoms with van der Waals surface area (Å²) in [5.41, 5.74) is 0. The van der Waals surface area contributed by atoms with Gasteiger partial charge in [0.25, 0.3) is 0 Å². The van der Waals surface area contributed by atoms with Crippen LogP contribution in [0.5, 0.6) is 0 Å². The number of rotatable bonds is 5. The van der Waals surface area contributed by atoms with E-state index < -0.39 is 0 Å². The average Bonchev–Trinajstić information content (AvgIpc) is 3.20. The summed E-state index contributed by atoms with van der Waals surface area (Å²) < 4.78 is 0. The van der Waals surface area contributed by atoms with Crippen LogP contribution in [0.25, 0.3) is 0 Å². The first-order chi connectivity index (χ1) is 11.3. The number of hydrogen-bond donors (Lipinski definition) is 1.